The van der Waals surface area contributed by atoms with Gasteiger partial charge in [0, 0.05) is 23.1 Å². The summed E-state index contributed by atoms with van der Waals surface area (Å²) in [6, 6.07) is 13.1. The minimum atomic E-state index is 1.04. The van der Waals surface area contributed by atoms with Crippen LogP contribution in [0.15, 0.2) is 36.4 Å². The van der Waals surface area contributed by atoms with E-state index in [4.69, 9.17) is 0 Å². The fourth-order valence-electron chi connectivity index (χ4n) is 2.85. The monoisotopic (exact) mass is 223 g/mol. The van der Waals surface area contributed by atoms with E-state index < -0.39 is 0 Å². The Balaban J connectivity index is 2.59. The molecule has 0 atom stereocenters. The molecule has 1 heterocycles. The molecule has 0 saturated heterocycles. The van der Waals surface area contributed by atoms with Gasteiger partial charge < -0.3 is 4.57 Å². The predicted octanol–water partition coefficient (Wildman–Crippen LogP) is 4.43. The standard InChI is InChI=1S/C16H17N/c1-4-17-12(3)11(2)16-14-8-6-5-7-13(14)9-10-15(16)17/h5-10H,4H2,1-3H3. The zero-order valence-electron chi connectivity index (χ0n) is 10.6. The first-order valence-electron chi connectivity index (χ1n) is 6.21. The molecule has 0 bridgehead atoms. The van der Waals surface area contributed by atoms with E-state index in [0.29, 0.717) is 0 Å². The van der Waals surface area contributed by atoms with E-state index in [1.807, 2.05) is 0 Å². The van der Waals surface area contributed by atoms with Crippen LogP contribution in [0.1, 0.15) is 18.2 Å². The quantitative estimate of drug-likeness (QED) is 0.575. The smallest absolute Gasteiger partial charge is 0.0491 e. The summed E-state index contributed by atoms with van der Waals surface area (Å²) in [4.78, 5) is 0. The van der Waals surface area contributed by atoms with Crippen LogP contribution in [0, 0.1) is 13.8 Å². The molecule has 17 heavy (non-hydrogen) atoms. The molecule has 0 aliphatic rings. The number of aromatic nitrogens is 1. The topological polar surface area (TPSA) is 4.93 Å². The normalized spacial score (nSPS) is 11.5. The zero-order valence-corrected chi connectivity index (χ0v) is 10.6. The SMILES string of the molecule is CCn1c(C)c(C)c2c3ccccc3ccc21. The van der Waals surface area contributed by atoms with Crippen LogP contribution in [-0.4, -0.2) is 4.57 Å². The van der Waals surface area contributed by atoms with Crippen LogP contribution in [0.5, 0.6) is 0 Å². The van der Waals surface area contributed by atoms with Crippen molar-refractivity contribution < 1.29 is 0 Å². The van der Waals surface area contributed by atoms with Crippen molar-refractivity contribution in [2.24, 2.45) is 0 Å². The molecule has 3 aromatic rings. The van der Waals surface area contributed by atoms with E-state index in [0.717, 1.165) is 6.54 Å². The summed E-state index contributed by atoms with van der Waals surface area (Å²) in [6.45, 7) is 7.69. The molecule has 0 amide bonds. The van der Waals surface area contributed by atoms with E-state index in [2.05, 4.69) is 61.7 Å². The van der Waals surface area contributed by atoms with Crippen molar-refractivity contribution in [2.45, 2.75) is 27.3 Å². The minimum absolute atomic E-state index is 1.04. The predicted molar refractivity (Wildman–Crippen MR) is 74.6 cm³/mol. The summed E-state index contributed by atoms with van der Waals surface area (Å²) in [5.41, 5.74) is 4.17. The molecule has 0 fully saturated rings. The number of hydrogen-bond acceptors (Lipinski definition) is 0. The van der Waals surface area contributed by atoms with Crippen molar-refractivity contribution in [1.29, 1.82) is 0 Å². The molecule has 0 aliphatic carbocycles. The Morgan fingerprint density at radius 1 is 1.00 bits per heavy atom. The number of aryl methyl sites for hydroxylation is 2. The van der Waals surface area contributed by atoms with E-state index in [1.165, 1.54) is 32.9 Å². The van der Waals surface area contributed by atoms with Crippen molar-refractivity contribution in [1.82, 2.24) is 4.57 Å². The molecule has 1 heteroatoms. The second kappa shape index (κ2) is 3.63. The second-order valence-electron chi connectivity index (χ2n) is 4.64. The van der Waals surface area contributed by atoms with Crippen LogP contribution in [0.4, 0.5) is 0 Å². The molecule has 1 aromatic heterocycles. The van der Waals surface area contributed by atoms with Gasteiger partial charge in [-0.25, -0.2) is 0 Å². The van der Waals surface area contributed by atoms with Crippen LogP contribution in [0.25, 0.3) is 21.7 Å². The molecule has 0 saturated carbocycles. The molecule has 2 aromatic carbocycles. The Morgan fingerprint density at radius 3 is 2.53 bits per heavy atom. The molecule has 0 spiro atoms. The van der Waals surface area contributed by atoms with Gasteiger partial charge in [0.15, 0.2) is 0 Å². The molecular weight excluding hydrogens is 206 g/mol. The summed E-state index contributed by atoms with van der Waals surface area (Å²) in [6.07, 6.45) is 0. The van der Waals surface area contributed by atoms with Crippen molar-refractivity contribution >= 4 is 21.7 Å². The first-order chi connectivity index (χ1) is 8.24. The second-order valence-corrected chi connectivity index (χ2v) is 4.64. The summed E-state index contributed by atoms with van der Waals surface area (Å²) >= 11 is 0. The Labute approximate surface area is 102 Å². The van der Waals surface area contributed by atoms with Crippen LogP contribution < -0.4 is 0 Å². The Kier molecular flexibility index (Phi) is 2.22. The maximum absolute atomic E-state index is 2.40. The maximum atomic E-state index is 2.40. The fourth-order valence-corrected chi connectivity index (χ4v) is 2.85. The van der Waals surface area contributed by atoms with Crippen molar-refractivity contribution in [3.63, 3.8) is 0 Å². The summed E-state index contributed by atoms with van der Waals surface area (Å²) in [5, 5.41) is 4.12. The van der Waals surface area contributed by atoms with E-state index >= 15 is 0 Å². The fraction of sp³-hybridized carbons (Fsp3) is 0.250. The molecule has 0 N–H and O–H groups in total. The van der Waals surface area contributed by atoms with Gasteiger partial charge in [0.25, 0.3) is 0 Å². The number of nitrogens with zero attached hydrogens (tertiary/aromatic N) is 1. The van der Waals surface area contributed by atoms with Gasteiger partial charge in [-0.3, -0.25) is 0 Å². The van der Waals surface area contributed by atoms with Gasteiger partial charge in [-0.1, -0.05) is 30.3 Å². The third-order valence-electron chi connectivity index (χ3n) is 3.84. The third kappa shape index (κ3) is 1.32. The van der Waals surface area contributed by atoms with E-state index in [-0.39, 0.29) is 0 Å². The zero-order chi connectivity index (χ0) is 12.0. The summed E-state index contributed by atoms with van der Waals surface area (Å²) < 4.78 is 2.40. The van der Waals surface area contributed by atoms with Crippen LogP contribution in [0.3, 0.4) is 0 Å². The van der Waals surface area contributed by atoms with Crippen molar-refractivity contribution in [2.75, 3.05) is 0 Å². The van der Waals surface area contributed by atoms with Crippen molar-refractivity contribution in [3.05, 3.63) is 47.7 Å². The molecule has 1 nitrogen and oxygen atoms in total. The lowest BCUT2D eigenvalue weighted by Crippen LogP contribution is -1.95. The molecular formula is C16H17N. The maximum Gasteiger partial charge on any atom is 0.0491 e. The van der Waals surface area contributed by atoms with Crippen molar-refractivity contribution in [3.8, 4) is 0 Å². The first-order valence-corrected chi connectivity index (χ1v) is 6.21. The van der Waals surface area contributed by atoms with Crippen LogP contribution in [0.2, 0.25) is 0 Å². The largest absolute Gasteiger partial charge is 0.345 e. The van der Waals surface area contributed by atoms with Gasteiger partial charge in [-0.05, 0) is 43.2 Å². The molecule has 0 radical (unpaired) electrons. The highest BCUT2D eigenvalue weighted by molar-refractivity contribution is 6.08. The first kappa shape index (κ1) is 10.4. The Morgan fingerprint density at radius 2 is 1.76 bits per heavy atom. The summed E-state index contributed by atoms with van der Waals surface area (Å²) in [7, 11) is 0. The Hall–Kier alpha value is -1.76. The highest BCUT2D eigenvalue weighted by Crippen LogP contribution is 2.31. The lowest BCUT2D eigenvalue weighted by Gasteiger charge is -2.04. The third-order valence-corrected chi connectivity index (χ3v) is 3.84. The van der Waals surface area contributed by atoms with Crippen LogP contribution in [-0.2, 0) is 6.54 Å². The van der Waals surface area contributed by atoms with Gasteiger partial charge in [-0.15, -0.1) is 0 Å². The van der Waals surface area contributed by atoms with Gasteiger partial charge in [-0.2, -0.15) is 0 Å². The molecule has 3 rings (SSSR count). The highest BCUT2D eigenvalue weighted by Gasteiger charge is 2.11. The highest BCUT2D eigenvalue weighted by atomic mass is 15.0. The minimum Gasteiger partial charge on any atom is -0.345 e. The van der Waals surface area contributed by atoms with Gasteiger partial charge in [0.1, 0.15) is 0 Å². The number of benzene rings is 2. The lowest BCUT2D eigenvalue weighted by atomic mass is 10.0. The van der Waals surface area contributed by atoms with Crippen LogP contribution >= 0.6 is 0 Å². The number of rotatable bonds is 1. The average molecular weight is 223 g/mol. The van der Waals surface area contributed by atoms with E-state index in [1.54, 1.807) is 0 Å². The number of hydrogen-bond donors (Lipinski definition) is 0. The Bertz CT molecular complexity index is 704. The molecule has 0 aliphatic heterocycles. The van der Waals surface area contributed by atoms with Gasteiger partial charge in [0.2, 0.25) is 0 Å². The number of fused-ring (bicyclic) bond motifs is 3. The molecule has 86 valence electrons. The average Bonchev–Trinajstić information content (AvgIpc) is 2.62. The summed E-state index contributed by atoms with van der Waals surface area (Å²) in [5.74, 6) is 0. The van der Waals surface area contributed by atoms with E-state index in [9.17, 15) is 0 Å². The lowest BCUT2D eigenvalue weighted by molar-refractivity contribution is 0.766. The molecule has 0 unspecified atom stereocenters. The van der Waals surface area contributed by atoms with Gasteiger partial charge >= 0.3 is 0 Å². The van der Waals surface area contributed by atoms with Gasteiger partial charge in [0.05, 0.1) is 0 Å².